The molecule has 1 aromatic heterocycles. The molecule has 1 aromatic carbocycles. The first-order chi connectivity index (χ1) is 9.93. The van der Waals surface area contributed by atoms with Crippen molar-refractivity contribution in [2.75, 3.05) is 6.54 Å². The quantitative estimate of drug-likeness (QED) is 0.787. The predicted octanol–water partition coefficient (Wildman–Crippen LogP) is 3.30. The van der Waals surface area contributed by atoms with Gasteiger partial charge in [-0.3, -0.25) is 0 Å². The summed E-state index contributed by atoms with van der Waals surface area (Å²) < 4.78 is 0. The van der Waals surface area contributed by atoms with Gasteiger partial charge in [-0.05, 0) is 12.2 Å². The van der Waals surface area contributed by atoms with E-state index < -0.39 is 0 Å². The van der Waals surface area contributed by atoms with Crippen LogP contribution < -0.4 is 0 Å². The van der Waals surface area contributed by atoms with E-state index in [1.165, 1.54) is 5.70 Å². The lowest BCUT2D eigenvalue weighted by molar-refractivity contribution is 0.526. The molecule has 0 amide bonds. The molecule has 0 spiro atoms. The summed E-state index contributed by atoms with van der Waals surface area (Å²) in [5.41, 5.74) is 3.25. The average molecular weight is 259 g/mol. The topological polar surface area (TPSA) is 29.0 Å². The van der Waals surface area contributed by atoms with Gasteiger partial charge in [0.2, 0.25) is 0 Å². The van der Waals surface area contributed by atoms with Crippen LogP contribution in [0.1, 0.15) is 5.69 Å². The molecular formula is C17H13N3. The summed E-state index contributed by atoms with van der Waals surface area (Å²) in [6.07, 6.45) is 14.4. The van der Waals surface area contributed by atoms with Crippen molar-refractivity contribution in [2.24, 2.45) is 0 Å². The Labute approximate surface area is 117 Å². The van der Waals surface area contributed by atoms with E-state index in [4.69, 9.17) is 0 Å². The molecule has 0 bridgehead atoms. The van der Waals surface area contributed by atoms with E-state index >= 15 is 0 Å². The second-order valence-electron chi connectivity index (χ2n) is 4.83. The predicted molar refractivity (Wildman–Crippen MR) is 80.6 cm³/mol. The Morgan fingerprint density at radius 2 is 2.00 bits per heavy atom. The van der Waals surface area contributed by atoms with Gasteiger partial charge in [0.15, 0.2) is 0 Å². The van der Waals surface area contributed by atoms with E-state index in [0.717, 1.165) is 28.6 Å². The average Bonchev–Trinajstić information content (AvgIpc) is 2.54. The number of hydrogen-bond donors (Lipinski definition) is 0. The largest absolute Gasteiger partial charge is 0.344 e. The number of hydrogen-bond acceptors (Lipinski definition) is 3. The van der Waals surface area contributed by atoms with Crippen molar-refractivity contribution in [3.05, 3.63) is 78.4 Å². The van der Waals surface area contributed by atoms with Crippen LogP contribution >= 0.6 is 0 Å². The molecular weight excluding hydrogens is 246 g/mol. The minimum Gasteiger partial charge on any atom is -0.344 e. The second-order valence-corrected chi connectivity index (χ2v) is 4.83. The highest BCUT2D eigenvalue weighted by molar-refractivity contribution is 5.95. The number of benzene rings is 1. The molecule has 3 nitrogen and oxygen atoms in total. The van der Waals surface area contributed by atoms with Gasteiger partial charge in [0, 0.05) is 29.1 Å². The number of rotatable bonds is 1. The summed E-state index contributed by atoms with van der Waals surface area (Å²) in [5, 5.41) is 10.8. The van der Waals surface area contributed by atoms with Crippen LogP contribution in [-0.2, 0) is 0 Å². The fourth-order valence-corrected chi connectivity index (χ4v) is 2.68. The molecule has 0 unspecified atom stereocenters. The first-order valence-electron chi connectivity index (χ1n) is 6.66. The van der Waals surface area contributed by atoms with Crippen LogP contribution in [-0.4, -0.2) is 21.6 Å². The fraction of sp³-hybridized carbons (Fsp3) is 0.0588. The van der Waals surface area contributed by atoms with E-state index in [1.807, 2.05) is 18.3 Å². The van der Waals surface area contributed by atoms with Crippen molar-refractivity contribution in [2.45, 2.75) is 0 Å². The Balaban J connectivity index is 1.99. The van der Waals surface area contributed by atoms with Crippen molar-refractivity contribution in [3.8, 4) is 0 Å². The molecule has 2 aliphatic heterocycles. The van der Waals surface area contributed by atoms with Crippen LogP contribution in [0.25, 0.3) is 16.3 Å². The molecule has 0 saturated carbocycles. The lowest BCUT2D eigenvalue weighted by Gasteiger charge is -2.27. The smallest absolute Gasteiger partial charge is 0.103 e. The summed E-state index contributed by atoms with van der Waals surface area (Å²) in [4.78, 5) is 2.22. The maximum atomic E-state index is 4.38. The summed E-state index contributed by atoms with van der Waals surface area (Å²) in [7, 11) is 0. The number of fused-ring (bicyclic) bond motifs is 2. The minimum atomic E-state index is 0.901. The van der Waals surface area contributed by atoms with Gasteiger partial charge in [-0.25, -0.2) is 0 Å². The second kappa shape index (κ2) is 4.46. The molecule has 0 N–H and O–H groups in total. The van der Waals surface area contributed by atoms with Gasteiger partial charge in [0.1, 0.15) is 5.69 Å². The molecule has 3 heteroatoms. The van der Waals surface area contributed by atoms with E-state index in [0.29, 0.717) is 0 Å². The Bertz CT molecular complexity index is 791. The zero-order valence-corrected chi connectivity index (χ0v) is 10.9. The van der Waals surface area contributed by atoms with Gasteiger partial charge in [-0.1, -0.05) is 42.5 Å². The van der Waals surface area contributed by atoms with Crippen LogP contribution in [0.4, 0.5) is 0 Å². The summed E-state index contributed by atoms with van der Waals surface area (Å²) in [6, 6.07) is 8.24. The molecule has 0 fully saturated rings. The zero-order valence-electron chi connectivity index (χ0n) is 10.9. The monoisotopic (exact) mass is 259 g/mol. The lowest BCUT2D eigenvalue weighted by Crippen LogP contribution is -2.21. The Hall–Kier alpha value is -2.68. The number of nitrogens with zero attached hydrogens (tertiary/aromatic N) is 3. The zero-order chi connectivity index (χ0) is 13.4. The van der Waals surface area contributed by atoms with Crippen molar-refractivity contribution < 1.29 is 0 Å². The molecule has 0 atom stereocenters. The van der Waals surface area contributed by atoms with Gasteiger partial charge < -0.3 is 4.90 Å². The summed E-state index contributed by atoms with van der Waals surface area (Å²) in [5.74, 6) is 0. The third-order valence-corrected chi connectivity index (χ3v) is 3.63. The van der Waals surface area contributed by atoms with E-state index in [2.05, 4.69) is 63.8 Å². The Kier molecular flexibility index (Phi) is 2.49. The Morgan fingerprint density at radius 1 is 1.05 bits per heavy atom. The standard InChI is InChI=1S/C17H13N3/c1-2-7-14-13(6-1)12-18-19-17(14)15-8-5-11-20-10-4-3-9-16(15)20/h1-10,12H,11H2. The fourth-order valence-electron chi connectivity index (χ4n) is 2.68. The van der Waals surface area contributed by atoms with Crippen molar-refractivity contribution in [1.29, 1.82) is 0 Å². The van der Waals surface area contributed by atoms with Gasteiger partial charge >= 0.3 is 0 Å². The van der Waals surface area contributed by atoms with Crippen LogP contribution in [0.3, 0.4) is 0 Å². The van der Waals surface area contributed by atoms with Gasteiger partial charge in [-0.15, -0.1) is 5.10 Å². The molecule has 0 aliphatic carbocycles. The van der Waals surface area contributed by atoms with E-state index in [-0.39, 0.29) is 0 Å². The molecule has 4 rings (SSSR count). The molecule has 0 radical (unpaired) electrons. The maximum absolute atomic E-state index is 4.38. The minimum absolute atomic E-state index is 0.901. The highest BCUT2D eigenvalue weighted by Gasteiger charge is 2.18. The Morgan fingerprint density at radius 3 is 3.00 bits per heavy atom. The first kappa shape index (κ1) is 11.2. The highest BCUT2D eigenvalue weighted by atomic mass is 15.1. The molecule has 96 valence electrons. The van der Waals surface area contributed by atoms with Gasteiger partial charge in [0.05, 0.1) is 11.9 Å². The lowest BCUT2D eigenvalue weighted by atomic mass is 9.99. The molecule has 3 heterocycles. The normalized spacial score (nSPS) is 16.9. The van der Waals surface area contributed by atoms with Crippen molar-refractivity contribution in [1.82, 2.24) is 15.1 Å². The molecule has 20 heavy (non-hydrogen) atoms. The summed E-state index contributed by atoms with van der Waals surface area (Å²) >= 11 is 0. The van der Waals surface area contributed by atoms with Crippen LogP contribution in [0.5, 0.6) is 0 Å². The van der Waals surface area contributed by atoms with Crippen molar-refractivity contribution in [3.63, 3.8) is 0 Å². The van der Waals surface area contributed by atoms with Crippen LogP contribution in [0, 0.1) is 0 Å². The SMILES string of the molecule is C1=CC2=C(c3nncc4ccccc34)C=CCN2C=C1. The van der Waals surface area contributed by atoms with Crippen LogP contribution in [0.15, 0.2) is 72.7 Å². The van der Waals surface area contributed by atoms with Crippen molar-refractivity contribution >= 4 is 16.3 Å². The van der Waals surface area contributed by atoms with Gasteiger partial charge in [-0.2, -0.15) is 5.10 Å². The van der Waals surface area contributed by atoms with E-state index in [9.17, 15) is 0 Å². The third kappa shape index (κ3) is 1.67. The highest BCUT2D eigenvalue weighted by Crippen LogP contribution is 2.31. The molecule has 2 aromatic rings. The molecule has 0 saturated heterocycles. The number of allylic oxidation sites excluding steroid dienone is 5. The summed E-state index contributed by atoms with van der Waals surface area (Å²) in [6.45, 7) is 0.901. The van der Waals surface area contributed by atoms with Gasteiger partial charge in [0.25, 0.3) is 0 Å². The van der Waals surface area contributed by atoms with Crippen LogP contribution in [0.2, 0.25) is 0 Å². The first-order valence-corrected chi connectivity index (χ1v) is 6.66. The third-order valence-electron chi connectivity index (χ3n) is 3.63. The van der Waals surface area contributed by atoms with E-state index in [1.54, 1.807) is 0 Å². The maximum Gasteiger partial charge on any atom is 0.103 e. The number of aromatic nitrogens is 2. The molecule has 2 aliphatic rings.